The van der Waals surface area contributed by atoms with E-state index in [4.69, 9.17) is 4.74 Å². The van der Waals surface area contributed by atoms with Crippen LogP contribution in [0.25, 0.3) is 0 Å². The van der Waals surface area contributed by atoms with Crippen molar-refractivity contribution < 1.29 is 14.3 Å². The molecule has 0 aromatic carbocycles. The van der Waals surface area contributed by atoms with Gasteiger partial charge in [0, 0.05) is 24.3 Å². The van der Waals surface area contributed by atoms with Crippen molar-refractivity contribution in [2.45, 2.75) is 38.7 Å². The maximum Gasteiger partial charge on any atom is 0.334 e. The van der Waals surface area contributed by atoms with E-state index in [0.29, 0.717) is 24.0 Å². The number of ether oxygens (including phenoxy) is 1. The minimum absolute atomic E-state index is 0.0184. The van der Waals surface area contributed by atoms with Crippen LogP contribution < -0.4 is 0 Å². The normalized spacial score (nSPS) is 32.6. The molecule has 1 saturated heterocycles. The van der Waals surface area contributed by atoms with E-state index in [2.05, 4.69) is 19.2 Å². The van der Waals surface area contributed by atoms with Crippen molar-refractivity contribution in [2.24, 2.45) is 5.92 Å². The Bertz CT molecular complexity index is 456. The first kappa shape index (κ1) is 12.8. The summed E-state index contributed by atoms with van der Waals surface area (Å²) in [5, 5.41) is 0. The van der Waals surface area contributed by atoms with E-state index in [1.165, 1.54) is 5.57 Å². The summed E-state index contributed by atoms with van der Waals surface area (Å²) in [5.41, 5.74) is 2.25. The largest absolute Gasteiger partial charge is 0.458 e. The van der Waals surface area contributed by atoms with Crippen LogP contribution in [0.4, 0.5) is 0 Å². The van der Waals surface area contributed by atoms with Crippen LogP contribution in [0.1, 0.15) is 32.6 Å². The second-order valence-electron chi connectivity index (χ2n) is 5.09. The Balaban J connectivity index is 2.27. The third kappa shape index (κ3) is 2.45. The van der Waals surface area contributed by atoms with Crippen LogP contribution in [0.15, 0.2) is 36.0 Å². The van der Waals surface area contributed by atoms with Gasteiger partial charge in [0.05, 0.1) is 0 Å². The van der Waals surface area contributed by atoms with Crippen molar-refractivity contribution in [3.8, 4) is 0 Å². The molecule has 0 aromatic rings. The summed E-state index contributed by atoms with van der Waals surface area (Å²) in [7, 11) is 0. The standard InChI is InChI=1S/C15H18O3/c1-9-4-6-12-11(3)15(17)18-14(12)8-10(2)13(16)7-5-9/h4,12,14H,2-3,5-8H2,1H3/b9-4+/t12-,14+/m1/s1. The topological polar surface area (TPSA) is 43.4 Å². The van der Waals surface area contributed by atoms with E-state index in [1.54, 1.807) is 0 Å². The number of fused-ring (bicyclic) bond motifs is 1. The summed E-state index contributed by atoms with van der Waals surface area (Å²) in [6.07, 6.45) is 4.25. The van der Waals surface area contributed by atoms with Crippen molar-refractivity contribution in [1.29, 1.82) is 0 Å². The van der Waals surface area contributed by atoms with Gasteiger partial charge in [-0.25, -0.2) is 4.79 Å². The van der Waals surface area contributed by atoms with Crippen LogP contribution in [-0.4, -0.2) is 17.9 Å². The van der Waals surface area contributed by atoms with Gasteiger partial charge in [-0.15, -0.1) is 0 Å². The van der Waals surface area contributed by atoms with E-state index >= 15 is 0 Å². The lowest BCUT2D eigenvalue weighted by molar-refractivity contribution is -0.139. The van der Waals surface area contributed by atoms with Gasteiger partial charge in [-0.1, -0.05) is 24.8 Å². The Morgan fingerprint density at radius 3 is 2.72 bits per heavy atom. The molecule has 1 aliphatic heterocycles. The Hall–Kier alpha value is -1.64. The second kappa shape index (κ2) is 4.92. The highest BCUT2D eigenvalue weighted by atomic mass is 16.6. The molecule has 0 saturated carbocycles. The Morgan fingerprint density at radius 2 is 2.00 bits per heavy atom. The van der Waals surface area contributed by atoms with E-state index < -0.39 is 0 Å². The Labute approximate surface area is 107 Å². The smallest absolute Gasteiger partial charge is 0.334 e. The molecule has 2 atom stereocenters. The molecule has 0 bridgehead atoms. The van der Waals surface area contributed by atoms with Crippen molar-refractivity contribution in [1.82, 2.24) is 0 Å². The molecule has 0 unspecified atom stereocenters. The van der Waals surface area contributed by atoms with Gasteiger partial charge in [0.25, 0.3) is 0 Å². The molecule has 1 aliphatic carbocycles. The van der Waals surface area contributed by atoms with E-state index in [9.17, 15) is 9.59 Å². The van der Waals surface area contributed by atoms with Gasteiger partial charge in [-0.2, -0.15) is 0 Å². The number of carbonyl (C=O) groups excluding carboxylic acids is 2. The maximum atomic E-state index is 11.8. The number of rotatable bonds is 0. The molecule has 2 aliphatic rings. The summed E-state index contributed by atoms with van der Waals surface area (Å²) >= 11 is 0. The number of hydrogen-bond acceptors (Lipinski definition) is 3. The van der Waals surface area contributed by atoms with Gasteiger partial charge < -0.3 is 4.74 Å². The zero-order chi connectivity index (χ0) is 13.3. The molecule has 0 radical (unpaired) electrons. The van der Waals surface area contributed by atoms with Gasteiger partial charge in [-0.3, -0.25) is 4.79 Å². The first-order valence-electron chi connectivity index (χ1n) is 6.25. The van der Waals surface area contributed by atoms with Crippen LogP contribution in [0, 0.1) is 5.92 Å². The number of ketones is 1. The summed E-state index contributed by atoms with van der Waals surface area (Å²) in [6, 6.07) is 0. The van der Waals surface area contributed by atoms with E-state index in [-0.39, 0.29) is 23.8 Å². The van der Waals surface area contributed by atoms with Gasteiger partial charge in [0.1, 0.15) is 6.10 Å². The van der Waals surface area contributed by atoms with Gasteiger partial charge in [0.2, 0.25) is 0 Å². The van der Waals surface area contributed by atoms with Crippen molar-refractivity contribution in [2.75, 3.05) is 0 Å². The Kier molecular flexibility index (Phi) is 3.50. The third-order valence-electron chi connectivity index (χ3n) is 3.73. The zero-order valence-corrected chi connectivity index (χ0v) is 10.7. The van der Waals surface area contributed by atoms with Crippen LogP contribution >= 0.6 is 0 Å². The van der Waals surface area contributed by atoms with Gasteiger partial charge in [0.15, 0.2) is 5.78 Å². The molecule has 0 spiro atoms. The third-order valence-corrected chi connectivity index (χ3v) is 3.73. The number of hydrogen-bond donors (Lipinski definition) is 0. The van der Waals surface area contributed by atoms with Crippen molar-refractivity contribution in [3.63, 3.8) is 0 Å². The molecular formula is C15H18O3. The lowest BCUT2D eigenvalue weighted by Gasteiger charge is -2.19. The summed E-state index contributed by atoms with van der Waals surface area (Å²) in [4.78, 5) is 23.4. The van der Waals surface area contributed by atoms with Crippen LogP contribution in [0.2, 0.25) is 0 Å². The van der Waals surface area contributed by atoms with Crippen molar-refractivity contribution >= 4 is 11.8 Å². The molecule has 1 fully saturated rings. The van der Waals surface area contributed by atoms with Gasteiger partial charge in [-0.05, 0) is 25.3 Å². The predicted octanol–water partition coefficient (Wildman–Crippen LogP) is 2.73. The molecule has 3 heteroatoms. The fraction of sp³-hybridized carbons (Fsp3) is 0.467. The predicted molar refractivity (Wildman–Crippen MR) is 68.9 cm³/mol. The highest BCUT2D eigenvalue weighted by Gasteiger charge is 2.38. The fourth-order valence-corrected chi connectivity index (χ4v) is 2.42. The highest BCUT2D eigenvalue weighted by Crippen LogP contribution is 2.34. The van der Waals surface area contributed by atoms with E-state index in [1.807, 2.05) is 6.92 Å². The summed E-state index contributed by atoms with van der Waals surface area (Å²) < 4.78 is 5.28. The number of Topliss-reactive ketones (excluding diaryl/α,β-unsaturated/α-hetero) is 1. The lowest BCUT2D eigenvalue weighted by atomic mass is 9.86. The quantitative estimate of drug-likeness (QED) is 0.375. The number of allylic oxidation sites excluding steroid dienone is 2. The molecule has 0 N–H and O–H groups in total. The molecule has 0 amide bonds. The average molecular weight is 246 g/mol. The van der Waals surface area contributed by atoms with Crippen LogP contribution in [0.3, 0.4) is 0 Å². The lowest BCUT2D eigenvalue weighted by Crippen LogP contribution is -2.20. The molecular weight excluding hydrogens is 228 g/mol. The molecule has 0 aromatic heterocycles. The minimum atomic E-state index is -0.337. The SMILES string of the molecule is C=C1C[C@@H]2OC(=O)C(=C)[C@H]2C/C=C(\C)CCC1=O. The Morgan fingerprint density at radius 1 is 1.28 bits per heavy atom. The average Bonchev–Trinajstić information content (AvgIpc) is 2.59. The zero-order valence-electron chi connectivity index (χ0n) is 10.7. The highest BCUT2D eigenvalue weighted by molar-refractivity contribution is 5.95. The summed E-state index contributed by atoms with van der Waals surface area (Å²) in [6.45, 7) is 9.62. The molecule has 18 heavy (non-hydrogen) atoms. The fourth-order valence-electron chi connectivity index (χ4n) is 2.42. The first-order valence-corrected chi connectivity index (χ1v) is 6.25. The number of esters is 1. The van der Waals surface area contributed by atoms with Crippen LogP contribution in [-0.2, 0) is 14.3 Å². The van der Waals surface area contributed by atoms with Crippen molar-refractivity contribution in [3.05, 3.63) is 36.0 Å². The minimum Gasteiger partial charge on any atom is -0.458 e. The van der Waals surface area contributed by atoms with Gasteiger partial charge >= 0.3 is 5.97 Å². The van der Waals surface area contributed by atoms with Crippen LogP contribution in [0.5, 0.6) is 0 Å². The number of carbonyl (C=O) groups is 2. The molecule has 96 valence electrons. The second-order valence-corrected chi connectivity index (χ2v) is 5.09. The monoisotopic (exact) mass is 246 g/mol. The molecule has 3 nitrogen and oxygen atoms in total. The molecule has 2 rings (SSSR count). The molecule has 1 heterocycles. The maximum absolute atomic E-state index is 11.8. The van der Waals surface area contributed by atoms with E-state index in [0.717, 1.165) is 12.8 Å². The first-order chi connectivity index (χ1) is 8.49. The summed E-state index contributed by atoms with van der Waals surface area (Å²) in [5.74, 6) is -0.289.